The van der Waals surface area contributed by atoms with Crippen molar-refractivity contribution in [3.63, 3.8) is 0 Å². The van der Waals surface area contributed by atoms with Crippen LogP contribution >= 0.6 is 15.9 Å². The fourth-order valence-corrected chi connectivity index (χ4v) is 4.83. The molecule has 3 heterocycles. The van der Waals surface area contributed by atoms with E-state index in [1.165, 1.54) is 8.96 Å². The molecular weight excluding hydrogens is 397 g/mol. The zero-order valence-electron chi connectivity index (χ0n) is 15.5. The van der Waals surface area contributed by atoms with Crippen molar-refractivity contribution < 1.29 is 13.1 Å². The van der Waals surface area contributed by atoms with E-state index < -0.39 is 6.97 Å². The van der Waals surface area contributed by atoms with Crippen LogP contribution in [0.25, 0.3) is 5.57 Å². The minimum atomic E-state index is -3.93. The maximum atomic E-state index is 15.6. The van der Waals surface area contributed by atoms with Crippen molar-refractivity contribution in [2.75, 3.05) is 0 Å². The minimum absolute atomic E-state index is 0.583. The van der Waals surface area contributed by atoms with E-state index in [-0.39, 0.29) is 0 Å². The van der Waals surface area contributed by atoms with Gasteiger partial charge in [0.2, 0.25) is 0 Å². The van der Waals surface area contributed by atoms with Crippen LogP contribution in [0.1, 0.15) is 41.9 Å². The number of rotatable bonds is 1. The molecule has 0 N–H and O–H groups in total. The first-order valence-corrected chi connectivity index (χ1v) is 9.47. The molecule has 6 heteroatoms. The number of fused-ring (bicyclic) bond motifs is 2. The predicted molar refractivity (Wildman–Crippen MR) is 107 cm³/mol. The minimum Gasteiger partial charge on any atom is -0.393 e. The van der Waals surface area contributed by atoms with E-state index in [2.05, 4.69) is 22.0 Å². The standard InChI is InChI=1S/C20H20BBrF2N2/c1-11-6-7-17(22)16(8-11)18-19-12(2)9-14(4)25(19)21(23,24)26-15(5)10-13(3)20(18)26/h6-10H,1-5H3. The van der Waals surface area contributed by atoms with Gasteiger partial charge in [-0.05, 0) is 57.2 Å². The van der Waals surface area contributed by atoms with E-state index in [0.29, 0.717) is 22.8 Å². The van der Waals surface area contributed by atoms with Crippen molar-refractivity contribution >= 4 is 34.2 Å². The molecule has 0 fully saturated rings. The molecule has 2 nitrogen and oxygen atoms in total. The van der Waals surface area contributed by atoms with Crippen LogP contribution in [0, 0.1) is 20.8 Å². The van der Waals surface area contributed by atoms with Crippen LogP contribution in [-0.2, 0) is 0 Å². The summed E-state index contributed by atoms with van der Waals surface area (Å²) in [4.78, 5) is 0. The molecule has 0 spiro atoms. The third kappa shape index (κ3) is 2.17. The zero-order chi connectivity index (χ0) is 19.0. The van der Waals surface area contributed by atoms with Gasteiger partial charge in [0.25, 0.3) is 0 Å². The second-order valence-corrected chi connectivity index (χ2v) is 8.18. The number of allylic oxidation sites excluding steroid dienone is 2. The molecule has 0 saturated carbocycles. The normalized spacial score (nSPS) is 18.2. The summed E-state index contributed by atoms with van der Waals surface area (Å²) in [5.41, 5.74) is 7.05. The number of aromatic nitrogens is 1. The predicted octanol–water partition coefficient (Wildman–Crippen LogP) is 5.60. The molecule has 4 rings (SSSR count). The Morgan fingerprint density at radius 3 is 2.42 bits per heavy atom. The molecule has 2 aliphatic rings. The van der Waals surface area contributed by atoms with E-state index in [9.17, 15) is 0 Å². The fourth-order valence-electron chi connectivity index (χ4n) is 4.38. The number of hydrogen-bond donors (Lipinski definition) is 0. The molecule has 2 aromatic rings. The lowest BCUT2D eigenvalue weighted by atomic mass is 9.83. The third-order valence-corrected chi connectivity index (χ3v) is 6.02. The average molecular weight is 417 g/mol. The third-order valence-electron chi connectivity index (χ3n) is 5.33. The highest BCUT2D eigenvalue weighted by Crippen LogP contribution is 2.45. The lowest BCUT2D eigenvalue weighted by Crippen LogP contribution is -2.51. The summed E-state index contributed by atoms with van der Waals surface area (Å²) in [5.74, 6) is 0. The molecule has 0 bridgehead atoms. The molecule has 134 valence electrons. The highest BCUT2D eigenvalue weighted by molar-refractivity contribution is 9.10. The molecule has 0 aliphatic carbocycles. The summed E-state index contributed by atoms with van der Waals surface area (Å²) in [6.07, 6.45) is 1.85. The topological polar surface area (TPSA) is 7.94 Å². The van der Waals surface area contributed by atoms with Gasteiger partial charge < -0.3 is 17.6 Å². The van der Waals surface area contributed by atoms with Gasteiger partial charge in [-0.25, -0.2) is 0 Å². The molecule has 1 aromatic carbocycles. The van der Waals surface area contributed by atoms with Crippen LogP contribution < -0.4 is 0 Å². The van der Waals surface area contributed by atoms with Crippen LogP contribution in [0.5, 0.6) is 0 Å². The van der Waals surface area contributed by atoms with Crippen LogP contribution in [0.3, 0.4) is 0 Å². The number of aryl methyl sites for hydroxylation is 3. The Labute approximate surface area is 160 Å². The largest absolute Gasteiger partial charge is 0.737 e. The molecule has 0 amide bonds. The zero-order valence-corrected chi connectivity index (χ0v) is 17.1. The van der Waals surface area contributed by atoms with E-state index in [1.54, 1.807) is 13.8 Å². The van der Waals surface area contributed by atoms with Gasteiger partial charge >= 0.3 is 6.97 Å². The van der Waals surface area contributed by atoms with E-state index >= 15 is 8.63 Å². The first kappa shape index (κ1) is 17.5. The monoisotopic (exact) mass is 416 g/mol. The van der Waals surface area contributed by atoms with Gasteiger partial charge in [-0.15, -0.1) is 0 Å². The first-order valence-electron chi connectivity index (χ1n) is 8.68. The Kier molecular flexibility index (Phi) is 3.71. The number of hydrogen-bond acceptors (Lipinski definition) is 0. The molecular formula is C20H20BBrF2N2. The number of halogens is 3. The molecule has 0 unspecified atom stereocenters. The Hall–Kier alpha value is -1.95. The van der Waals surface area contributed by atoms with Crippen molar-refractivity contribution in [3.8, 4) is 0 Å². The Balaban J connectivity index is 2.22. The highest BCUT2D eigenvalue weighted by atomic mass is 79.9. The fraction of sp³-hybridized carbons (Fsp3) is 0.250. The van der Waals surface area contributed by atoms with Gasteiger partial charge in [0.1, 0.15) is 5.71 Å². The van der Waals surface area contributed by atoms with Crippen molar-refractivity contribution in [3.05, 3.63) is 74.2 Å². The quantitative estimate of drug-likeness (QED) is 0.534. The lowest BCUT2D eigenvalue weighted by molar-refractivity contribution is -0.363. The average Bonchev–Trinajstić information content (AvgIpc) is 3.00. The summed E-state index contributed by atoms with van der Waals surface area (Å²) < 4.78 is 34.5. The molecule has 26 heavy (non-hydrogen) atoms. The Morgan fingerprint density at radius 2 is 1.73 bits per heavy atom. The number of benzene rings is 1. The first-order chi connectivity index (χ1) is 12.1. The number of nitrogens with zero attached hydrogens (tertiary/aromatic N) is 2. The summed E-state index contributed by atoms with van der Waals surface area (Å²) in [6.45, 7) is 5.43. The maximum Gasteiger partial charge on any atom is 0.737 e. The van der Waals surface area contributed by atoms with Crippen LogP contribution in [0.2, 0.25) is 0 Å². The van der Waals surface area contributed by atoms with Crippen molar-refractivity contribution in [1.82, 2.24) is 4.48 Å². The lowest BCUT2D eigenvalue weighted by Gasteiger charge is -2.34. The van der Waals surface area contributed by atoms with Gasteiger partial charge in [-0.1, -0.05) is 27.6 Å². The maximum absolute atomic E-state index is 15.6. The summed E-state index contributed by atoms with van der Waals surface area (Å²) >= 11 is 3.64. The van der Waals surface area contributed by atoms with Gasteiger partial charge in [-0.2, -0.15) is 0 Å². The van der Waals surface area contributed by atoms with Crippen molar-refractivity contribution in [2.24, 2.45) is 0 Å². The molecule has 0 radical (unpaired) electrons. The summed E-state index contributed by atoms with van der Waals surface area (Å²) in [5, 5.41) is 0. The molecule has 0 atom stereocenters. The smallest absolute Gasteiger partial charge is 0.393 e. The van der Waals surface area contributed by atoms with E-state index in [4.69, 9.17) is 0 Å². The van der Waals surface area contributed by atoms with Crippen LogP contribution in [0.4, 0.5) is 8.63 Å². The molecule has 2 aliphatic heterocycles. The SMILES string of the molecule is CC1=CC(C)=[N+]2C1=C(c1cc(C)ccc1Br)c1c(C)cc(C)n1[B-]2(F)F. The van der Waals surface area contributed by atoms with E-state index in [0.717, 1.165) is 32.3 Å². The molecule has 0 saturated heterocycles. The van der Waals surface area contributed by atoms with Gasteiger partial charge in [-0.3, -0.25) is 0 Å². The summed E-state index contributed by atoms with van der Waals surface area (Å²) in [7, 11) is 0. The second kappa shape index (κ2) is 5.52. The Bertz CT molecular complexity index is 1070. The second-order valence-electron chi connectivity index (χ2n) is 7.32. The van der Waals surface area contributed by atoms with Crippen LogP contribution in [0.15, 0.2) is 46.1 Å². The molecule has 1 aromatic heterocycles. The summed E-state index contributed by atoms with van der Waals surface area (Å²) in [6, 6.07) is 7.92. The van der Waals surface area contributed by atoms with Gasteiger partial charge in [0.15, 0.2) is 5.70 Å². The van der Waals surface area contributed by atoms with Crippen molar-refractivity contribution in [1.29, 1.82) is 0 Å². The highest BCUT2D eigenvalue weighted by Gasteiger charge is 2.55. The van der Waals surface area contributed by atoms with Crippen molar-refractivity contribution in [2.45, 2.75) is 34.6 Å². The van der Waals surface area contributed by atoms with Crippen LogP contribution in [-0.4, -0.2) is 21.6 Å². The van der Waals surface area contributed by atoms with Gasteiger partial charge in [0, 0.05) is 34.3 Å². The van der Waals surface area contributed by atoms with Gasteiger partial charge in [0.05, 0.1) is 5.57 Å². The van der Waals surface area contributed by atoms with E-state index in [1.807, 2.05) is 45.0 Å². The Morgan fingerprint density at radius 1 is 1.04 bits per heavy atom.